The van der Waals surface area contributed by atoms with Crippen LogP contribution in [-0.2, 0) is 21.3 Å². The molecule has 0 spiro atoms. The van der Waals surface area contributed by atoms with Crippen molar-refractivity contribution >= 4 is 29.2 Å². The fourth-order valence-corrected chi connectivity index (χ4v) is 6.58. The Hall–Kier alpha value is -3.60. The first-order valence-corrected chi connectivity index (χ1v) is 16.7. The summed E-state index contributed by atoms with van der Waals surface area (Å²) in [6.07, 6.45) is 20.0. The Balaban J connectivity index is 1.64. The first kappa shape index (κ1) is 35.3. The highest BCUT2D eigenvalue weighted by Gasteiger charge is 2.32. The second-order valence-corrected chi connectivity index (χ2v) is 12.3. The molecule has 2 aromatic rings. The summed E-state index contributed by atoms with van der Waals surface area (Å²) < 4.78 is 12.9. The Kier molecular flexibility index (Phi) is 13.7. The van der Waals surface area contributed by atoms with E-state index in [4.69, 9.17) is 26.8 Å². The van der Waals surface area contributed by atoms with Crippen LogP contribution in [0.25, 0.3) is 5.57 Å². The van der Waals surface area contributed by atoms with E-state index in [0.717, 1.165) is 60.9 Å². The molecule has 2 amide bonds. The molecule has 0 radical (unpaired) electrons. The van der Waals surface area contributed by atoms with Gasteiger partial charge in [0, 0.05) is 51.4 Å². The van der Waals surface area contributed by atoms with Gasteiger partial charge in [0.15, 0.2) is 0 Å². The number of nitrogens with zero attached hydrogens (tertiary/aromatic N) is 4. The molecule has 4 rings (SSSR count). The number of piperazine rings is 1. The van der Waals surface area contributed by atoms with Gasteiger partial charge >= 0.3 is 6.09 Å². The summed E-state index contributed by atoms with van der Waals surface area (Å²) in [6.45, 7) is 4.48. The van der Waals surface area contributed by atoms with Gasteiger partial charge in [0.1, 0.15) is 12.7 Å². The number of aromatic nitrogens is 2. The van der Waals surface area contributed by atoms with Gasteiger partial charge in [-0.2, -0.15) is 0 Å². The van der Waals surface area contributed by atoms with Gasteiger partial charge in [-0.15, -0.1) is 0 Å². The van der Waals surface area contributed by atoms with E-state index < -0.39 is 6.04 Å². The monoisotopic (exact) mass is 652 g/mol. The molecule has 2 fully saturated rings. The third-order valence-corrected chi connectivity index (χ3v) is 9.04. The van der Waals surface area contributed by atoms with Crippen LogP contribution < -0.4 is 11.1 Å². The number of rotatable bonds is 13. The number of carbonyl (C=O) groups is 2. The summed E-state index contributed by atoms with van der Waals surface area (Å²) in [5.41, 5.74) is 9.33. The largest absolute Gasteiger partial charge is 0.446 e. The first-order chi connectivity index (χ1) is 22.4. The molecule has 11 heteroatoms. The Labute approximate surface area is 278 Å². The number of benzene rings is 1. The van der Waals surface area contributed by atoms with Crippen LogP contribution in [0.4, 0.5) is 4.79 Å². The van der Waals surface area contributed by atoms with E-state index in [-0.39, 0.29) is 30.8 Å². The van der Waals surface area contributed by atoms with Crippen LogP contribution in [0.5, 0.6) is 0 Å². The number of nitrogens with two attached hydrogens (primary N) is 1. The maximum absolute atomic E-state index is 13.0. The van der Waals surface area contributed by atoms with E-state index in [1.165, 1.54) is 13.5 Å². The maximum Gasteiger partial charge on any atom is 0.410 e. The lowest BCUT2D eigenvalue weighted by Gasteiger charge is -2.40. The van der Waals surface area contributed by atoms with Gasteiger partial charge < -0.3 is 30.0 Å². The Bertz CT molecular complexity index is 1370. The van der Waals surface area contributed by atoms with Gasteiger partial charge in [-0.1, -0.05) is 48.4 Å². The zero-order valence-corrected chi connectivity index (χ0v) is 28.1. The number of amides is 2. The zero-order valence-electron chi connectivity index (χ0n) is 27.4. The number of methoxy groups -OCH3 is 1. The lowest BCUT2D eigenvalue weighted by molar-refractivity contribution is -0.125. The predicted molar refractivity (Wildman–Crippen MR) is 182 cm³/mol. The van der Waals surface area contributed by atoms with Gasteiger partial charge in [-0.3, -0.25) is 9.69 Å². The molecule has 2 atom stereocenters. The summed E-state index contributed by atoms with van der Waals surface area (Å²) in [6, 6.07) is 5.47. The SMILES string of the molecule is C/C=C(\c1cc(Cl)ccc1C(C/C=C\C/C=C\N)N1CCN(C(=O)OC2CCCCC2)CC1)C(NC(=O)COC)c1cncn1C. The molecular weight excluding hydrogens is 604 g/mol. The molecule has 2 heterocycles. The van der Waals surface area contributed by atoms with Crippen molar-refractivity contribution in [3.63, 3.8) is 0 Å². The number of hydrogen-bond donors (Lipinski definition) is 2. The molecule has 1 aliphatic carbocycles. The number of allylic oxidation sites excluding steroid dienone is 3. The highest BCUT2D eigenvalue weighted by molar-refractivity contribution is 6.30. The van der Waals surface area contributed by atoms with Gasteiger partial charge in [-0.25, -0.2) is 9.78 Å². The van der Waals surface area contributed by atoms with Crippen molar-refractivity contribution in [2.75, 3.05) is 39.9 Å². The van der Waals surface area contributed by atoms with Crippen LogP contribution in [0.15, 0.2) is 61.2 Å². The van der Waals surface area contributed by atoms with Gasteiger partial charge in [0.05, 0.1) is 24.3 Å². The van der Waals surface area contributed by atoms with Crippen LogP contribution in [0, 0.1) is 0 Å². The fourth-order valence-electron chi connectivity index (χ4n) is 6.40. The Morgan fingerprint density at radius 1 is 1.13 bits per heavy atom. The van der Waals surface area contributed by atoms with Crippen molar-refractivity contribution in [1.82, 2.24) is 24.7 Å². The average Bonchev–Trinajstić information content (AvgIpc) is 3.49. The molecule has 1 aliphatic heterocycles. The van der Waals surface area contributed by atoms with Crippen molar-refractivity contribution in [2.24, 2.45) is 12.8 Å². The summed E-state index contributed by atoms with van der Waals surface area (Å²) in [7, 11) is 3.41. The van der Waals surface area contributed by atoms with Crippen molar-refractivity contribution in [3.8, 4) is 0 Å². The van der Waals surface area contributed by atoms with Crippen LogP contribution in [0.3, 0.4) is 0 Å². The standard InChI is InChI=1S/C35H49ClN6O4/c1-4-28(34(39-33(43)24-45-3)32-23-38-25-40(32)2)30-22-26(36)15-16-29(30)31(14-10-5-6-11-17-37)41-18-20-42(21-19-41)35(44)46-27-12-8-7-9-13-27/h4-5,10-11,15-17,22-23,25,27,31,34H,6-9,12-14,18-21,24,37H2,1-3H3,(H,39,43)/b10-5-,17-11-,28-4+. The molecule has 1 saturated carbocycles. The number of ether oxygens (including phenoxy) is 2. The number of hydrogen-bond acceptors (Lipinski definition) is 7. The summed E-state index contributed by atoms with van der Waals surface area (Å²) in [5, 5.41) is 3.75. The molecule has 250 valence electrons. The van der Waals surface area contributed by atoms with Crippen molar-refractivity contribution in [2.45, 2.75) is 70.1 Å². The fraction of sp³-hybridized carbons (Fsp3) is 0.514. The second-order valence-electron chi connectivity index (χ2n) is 11.9. The van der Waals surface area contributed by atoms with Crippen LogP contribution in [0.2, 0.25) is 5.02 Å². The second kappa shape index (κ2) is 17.9. The third-order valence-electron chi connectivity index (χ3n) is 8.80. The van der Waals surface area contributed by atoms with Crippen LogP contribution in [0.1, 0.15) is 80.8 Å². The summed E-state index contributed by atoms with van der Waals surface area (Å²) >= 11 is 6.66. The van der Waals surface area contributed by atoms with E-state index in [0.29, 0.717) is 31.2 Å². The normalized spacial score (nSPS) is 18.3. The number of halogens is 1. The Morgan fingerprint density at radius 2 is 1.89 bits per heavy atom. The lowest BCUT2D eigenvalue weighted by Crippen LogP contribution is -2.50. The molecule has 46 heavy (non-hydrogen) atoms. The molecule has 3 N–H and O–H groups in total. The van der Waals surface area contributed by atoms with Gasteiger partial charge in [0.2, 0.25) is 5.91 Å². The Morgan fingerprint density at radius 3 is 2.54 bits per heavy atom. The quantitative estimate of drug-likeness (QED) is 0.258. The molecule has 0 bridgehead atoms. The van der Waals surface area contributed by atoms with Crippen LogP contribution in [-0.4, -0.2) is 77.4 Å². The smallest absolute Gasteiger partial charge is 0.410 e. The van der Waals surface area contributed by atoms with Gasteiger partial charge in [0.25, 0.3) is 0 Å². The van der Waals surface area contributed by atoms with Crippen molar-refractivity contribution in [3.05, 3.63) is 83.1 Å². The van der Waals surface area contributed by atoms with E-state index in [9.17, 15) is 9.59 Å². The molecule has 10 nitrogen and oxygen atoms in total. The van der Waals surface area contributed by atoms with Crippen LogP contribution >= 0.6 is 11.6 Å². The zero-order chi connectivity index (χ0) is 32.9. The average molecular weight is 653 g/mol. The predicted octanol–water partition coefficient (Wildman–Crippen LogP) is 5.92. The topological polar surface area (TPSA) is 115 Å². The summed E-state index contributed by atoms with van der Waals surface area (Å²) in [4.78, 5) is 34.5. The van der Waals surface area contributed by atoms with Crippen molar-refractivity contribution < 1.29 is 19.1 Å². The molecule has 1 aromatic carbocycles. The lowest BCUT2D eigenvalue weighted by atomic mass is 9.87. The number of imidazole rings is 1. The third kappa shape index (κ3) is 9.47. The number of aryl methyl sites for hydroxylation is 1. The molecular formula is C35H49ClN6O4. The van der Waals surface area contributed by atoms with Gasteiger partial charge in [-0.05, 0) is 80.5 Å². The molecule has 2 unspecified atom stereocenters. The molecule has 1 aromatic heterocycles. The minimum atomic E-state index is -0.491. The highest BCUT2D eigenvalue weighted by Crippen LogP contribution is 2.39. The minimum Gasteiger partial charge on any atom is -0.446 e. The van der Waals surface area contributed by atoms with E-state index in [1.807, 2.05) is 47.7 Å². The first-order valence-electron chi connectivity index (χ1n) is 16.3. The molecule has 1 saturated heterocycles. The minimum absolute atomic E-state index is 0.0151. The van der Waals surface area contributed by atoms with Crippen molar-refractivity contribution in [1.29, 1.82) is 0 Å². The highest BCUT2D eigenvalue weighted by atomic mass is 35.5. The number of carbonyl (C=O) groups excluding carboxylic acids is 2. The van der Waals surface area contributed by atoms with E-state index >= 15 is 0 Å². The maximum atomic E-state index is 13.0. The number of nitrogens with one attached hydrogen (secondary N) is 1. The molecule has 2 aliphatic rings. The summed E-state index contributed by atoms with van der Waals surface area (Å²) in [5.74, 6) is -0.236. The van der Waals surface area contributed by atoms with E-state index in [2.05, 4.69) is 33.4 Å². The van der Waals surface area contributed by atoms with E-state index in [1.54, 1.807) is 18.7 Å².